The smallest absolute Gasteiger partial charge is 0.423 e. The van der Waals surface area contributed by atoms with Crippen LogP contribution >= 0.6 is 0 Å². The summed E-state index contributed by atoms with van der Waals surface area (Å²) in [6.45, 7) is 5.70. The van der Waals surface area contributed by atoms with Crippen LogP contribution < -0.4 is 5.46 Å². The van der Waals surface area contributed by atoms with Crippen LogP contribution in [-0.2, 0) is 6.54 Å². The van der Waals surface area contributed by atoms with Gasteiger partial charge in [-0.25, -0.2) is 4.39 Å². The van der Waals surface area contributed by atoms with Crippen LogP contribution in [0.2, 0.25) is 0 Å². The zero-order valence-electron chi connectivity index (χ0n) is 11.4. The summed E-state index contributed by atoms with van der Waals surface area (Å²) in [7, 11) is 0.468. The maximum Gasteiger partial charge on any atom is 0.488 e. The SMILES string of the molecule is CC1CN(C)CCN1Cc1cc(F)cc(B(O)O)c1. The maximum absolute atomic E-state index is 13.5. The molecule has 19 heavy (non-hydrogen) atoms. The lowest BCUT2D eigenvalue weighted by atomic mass is 9.79. The Balaban J connectivity index is 2.10. The normalized spacial score (nSPS) is 21.6. The van der Waals surface area contributed by atoms with Crippen LogP contribution in [-0.4, -0.2) is 59.7 Å². The van der Waals surface area contributed by atoms with Crippen molar-refractivity contribution >= 4 is 12.6 Å². The quantitative estimate of drug-likeness (QED) is 0.734. The molecule has 1 atom stereocenters. The van der Waals surface area contributed by atoms with E-state index in [1.165, 1.54) is 6.07 Å². The Hall–Kier alpha value is -0.945. The number of halogens is 1. The molecule has 0 radical (unpaired) electrons. The summed E-state index contributed by atoms with van der Waals surface area (Å²) in [5, 5.41) is 18.3. The summed E-state index contributed by atoms with van der Waals surface area (Å²) in [4.78, 5) is 4.55. The zero-order chi connectivity index (χ0) is 14.0. The molecule has 104 valence electrons. The van der Waals surface area contributed by atoms with E-state index >= 15 is 0 Å². The molecule has 1 aromatic rings. The summed E-state index contributed by atoms with van der Waals surface area (Å²) in [5.41, 5.74) is 0.983. The van der Waals surface area contributed by atoms with E-state index in [0.29, 0.717) is 12.6 Å². The van der Waals surface area contributed by atoms with E-state index in [2.05, 4.69) is 23.8 Å². The highest BCUT2D eigenvalue weighted by Crippen LogP contribution is 2.13. The Labute approximate surface area is 113 Å². The summed E-state index contributed by atoms with van der Waals surface area (Å²) >= 11 is 0. The Kier molecular flexibility index (Phi) is 4.57. The van der Waals surface area contributed by atoms with Gasteiger partial charge in [0.2, 0.25) is 0 Å². The fraction of sp³-hybridized carbons (Fsp3) is 0.538. The molecule has 4 nitrogen and oxygen atoms in total. The van der Waals surface area contributed by atoms with Crippen molar-refractivity contribution in [3.8, 4) is 0 Å². The molecule has 0 aromatic heterocycles. The molecule has 1 fully saturated rings. The van der Waals surface area contributed by atoms with E-state index in [1.807, 2.05) is 0 Å². The molecule has 2 N–H and O–H groups in total. The average Bonchev–Trinajstić information content (AvgIpc) is 2.32. The number of likely N-dealkylation sites (N-methyl/N-ethyl adjacent to an activating group) is 1. The summed E-state index contributed by atoms with van der Waals surface area (Å²) in [5.74, 6) is -0.428. The molecule has 1 heterocycles. The molecule has 6 heteroatoms. The van der Waals surface area contributed by atoms with Gasteiger partial charge >= 0.3 is 7.12 Å². The fourth-order valence-corrected chi connectivity index (χ4v) is 2.56. The second-order valence-corrected chi connectivity index (χ2v) is 5.35. The fourth-order valence-electron chi connectivity index (χ4n) is 2.56. The van der Waals surface area contributed by atoms with Gasteiger partial charge in [0, 0.05) is 32.2 Å². The van der Waals surface area contributed by atoms with E-state index in [1.54, 1.807) is 6.07 Å². The Morgan fingerprint density at radius 1 is 1.32 bits per heavy atom. The molecule has 1 aliphatic heterocycles. The van der Waals surface area contributed by atoms with E-state index in [-0.39, 0.29) is 5.46 Å². The van der Waals surface area contributed by atoms with Gasteiger partial charge in [-0.1, -0.05) is 6.07 Å². The molecular formula is C13H20BFN2O2. The minimum absolute atomic E-state index is 0.205. The summed E-state index contributed by atoms with van der Waals surface area (Å²) in [6, 6.07) is 4.67. The second kappa shape index (κ2) is 6.01. The highest BCUT2D eigenvalue weighted by atomic mass is 19.1. The van der Waals surface area contributed by atoms with Crippen molar-refractivity contribution in [1.29, 1.82) is 0 Å². The number of hydrogen-bond donors (Lipinski definition) is 2. The molecule has 1 saturated heterocycles. The van der Waals surface area contributed by atoms with Gasteiger partial charge in [0.1, 0.15) is 5.82 Å². The topological polar surface area (TPSA) is 46.9 Å². The lowest BCUT2D eigenvalue weighted by molar-refractivity contribution is 0.0938. The molecule has 1 aromatic carbocycles. The number of nitrogens with zero attached hydrogens (tertiary/aromatic N) is 2. The van der Waals surface area contributed by atoms with Crippen molar-refractivity contribution in [3.05, 3.63) is 29.6 Å². The molecule has 0 bridgehead atoms. The van der Waals surface area contributed by atoms with Crippen molar-refractivity contribution in [2.75, 3.05) is 26.7 Å². The van der Waals surface area contributed by atoms with Crippen LogP contribution in [0, 0.1) is 5.82 Å². The number of rotatable bonds is 3. The third kappa shape index (κ3) is 3.76. The van der Waals surface area contributed by atoms with Crippen molar-refractivity contribution in [2.45, 2.75) is 19.5 Å². The largest absolute Gasteiger partial charge is 0.488 e. The maximum atomic E-state index is 13.5. The first-order valence-corrected chi connectivity index (χ1v) is 6.54. The van der Waals surface area contributed by atoms with Crippen molar-refractivity contribution in [2.24, 2.45) is 0 Å². The van der Waals surface area contributed by atoms with Crippen molar-refractivity contribution < 1.29 is 14.4 Å². The lowest BCUT2D eigenvalue weighted by Gasteiger charge is -2.38. The molecule has 0 aliphatic carbocycles. The van der Waals surface area contributed by atoms with Gasteiger partial charge < -0.3 is 14.9 Å². The first-order chi connectivity index (χ1) is 8.95. The van der Waals surface area contributed by atoms with Crippen molar-refractivity contribution in [1.82, 2.24) is 9.80 Å². The predicted molar refractivity (Wildman–Crippen MR) is 73.6 cm³/mol. The highest BCUT2D eigenvalue weighted by molar-refractivity contribution is 6.58. The molecule has 1 unspecified atom stereocenters. The molecule has 0 spiro atoms. The van der Waals surface area contributed by atoms with Crippen LogP contribution in [0.25, 0.3) is 0 Å². The van der Waals surface area contributed by atoms with Gasteiger partial charge in [0.05, 0.1) is 0 Å². The first-order valence-electron chi connectivity index (χ1n) is 6.54. The molecule has 1 aliphatic rings. The molecular weight excluding hydrogens is 246 g/mol. The highest BCUT2D eigenvalue weighted by Gasteiger charge is 2.22. The summed E-state index contributed by atoms with van der Waals surface area (Å²) < 4.78 is 13.5. The van der Waals surface area contributed by atoms with Gasteiger partial charge in [-0.05, 0) is 37.1 Å². The van der Waals surface area contributed by atoms with Gasteiger partial charge in [-0.3, -0.25) is 4.90 Å². The third-order valence-electron chi connectivity index (χ3n) is 3.63. The number of benzene rings is 1. The second-order valence-electron chi connectivity index (χ2n) is 5.35. The molecule has 0 saturated carbocycles. The van der Waals surface area contributed by atoms with E-state index in [9.17, 15) is 4.39 Å². The van der Waals surface area contributed by atoms with E-state index in [0.717, 1.165) is 31.3 Å². The Morgan fingerprint density at radius 3 is 2.68 bits per heavy atom. The van der Waals surface area contributed by atoms with Crippen LogP contribution in [0.5, 0.6) is 0 Å². The van der Waals surface area contributed by atoms with Gasteiger partial charge in [0.15, 0.2) is 0 Å². The van der Waals surface area contributed by atoms with E-state index in [4.69, 9.17) is 10.0 Å². The lowest BCUT2D eigenvalue weighted by Crippen LogP contribution is -2.49. The molecule has 2 rings (SSSR count). The van der Waals surface area contributed by atoms with Gasteiger partial charge in [-0.15, -0.1) is 0 Å². The first kappa shape index (κ1) is 14.5. The van der Waals surface area contributed by atoms with E-state index < -0.39 is 12.9 Å². The van der Waals surface area contributed by atoms with Crippen molar-refractivity contribution in [3.63, 3.8) is 0 Å². The standard InChI is InChI=1S/C13H20BFN2O2/c1-10-8-16(2)3-4-17(10)9-11-5-12(14(18)19)7-13(15)6-11/h5-7,10,18-19H,3-4,8-9H2,1-2H3. The Bertz CT molecular complexity index is 445. The average molecular weight is 266 g/mol. The zero-order valence-corrected chi connectivity index (χ0v) is 11.4. The van der Waals surface area contributed by atoms with Gasteiger partial charge in [0.25, 0.3) is 0 Å². The van der Waals surface area contributed by atoms with Gasteiger partial charge in [-0.2, -0.15) is 0 Å². The minimum Gasteiger partial charge on any atom is -0.423 e. The number of piperazine rings is 1. The molecule has 0 amide bonds. The van der Waals surface area contributed by atoms with Crippen LogP contribution in [0.3, 0.4) is 0 Å². The Morgan fingerprint density at radius 2 is 2.05 bits per heavy atom. The third-order valence-corrected chi connectivity index (χ3v) is 3.63. The number of hydrogen-bond acceptors (Lipinski definition) is 4. The minimum atomic E-state index is -1.63. The van der Waals surface area contributed by atoms with Crippen LogP contribution in [0.4, 0.5) is 4.39 Å². The predicted octanol–water partition coefficient (Wildman–Crippen LogP) is -0.359. The summed E-state index contributed by atoms with van der Waals surface area (Å²) in [6.07, 6.45) is 0. The van der Waals surface area contributed by atoms with Crippen LogP contribution in [0.1, 0.15) is 12.5 Å². The van der Waals surface area contributed by atoms with Crippen LogP contribution in [0.15, 0.2) is 18.2 Å². The monoisotopic (exact) mass is 266 g/mol.